The summed E-state index contributed by atoms with van der Waals surface area (Å²) < 4.78 is 5.85. The molecule has 0 saturated carbocycles. The van der Waals surface area contributed by atoms with Gasteiger partial charge in [0, 0.05) is 12.1 Å². The van der Waals surface area contributed by atoms with Crippen molar-refractivity contribution in [3.8, 4) is 16.9 Å². The van der Waals surface area contributed by atoms with Crippen LogP contribution >= 0.6 is 0 Å². The highest BCUT2D eigenvalue weighted by atomic mass is 16.5. The first kappa shape index (κ1) is 17.8. The van der Waals surface area contributed by atoms with Gasteiger partial charge in [0.15, 0.2) is 0 Å². The Hall–Kier alpha value is -2.59. The monoisotopic (exact) mass is 325 g/mol. The Morgan fingerprint density at radius 1 is 1.17 bits per heavy atom. The maximum absolute atomic E-state index is 10.7. The van der Waals surface area contributed by atoms with E-state index in [4.69, 9.17) is 9.84 Å². The van der Waals surface area contributed by atoms with Gasteiger partial charge in [-0.2, -0.15) is 0 Å². The first-order valence-electron chi connectivity index (χ1n) is 7.86. The second-order valence-electron chi connectivity index (χ2n) is 5.84. The molecular formula is C20H23NO3. The van der Waals surface area contributed by atoms with Crippen LogP contribution in [0.15, 0.2) is 55.1 Å². The van der Waals surface area contributed by atoms with Gasteiger partial charge < -0.3 is 9.84 Å². The van der Waals surface area contributed by atoms with Gasteiger partial charge in [-0.25, -0.2) is 0 Å². The highest BCUT2D eigenvalue weighted by Gasteiger charge is 2.09. The molecule has 0 aliphatic rings. The SMILES string of the molecule is C=C(C)c1cc(-c2ccccc2)ccc1OCCN(C)CC(=O)O. The molecule has 0 atom stereocenters. The highest BCUT2D eigenvalue weighted by molar-refractivity contribution is 5.74. The number of carboxylic acid groups (broad SMARTS) is 1. The summed E-state index contributed by atoms with van der Waals surface area (Å²) in [7, 11) is 1.76. The molecule has 0 fully saturated rings. The number of nitrogens with zero attached hydrogens (tertiary/aromatic N) is 1. The van der Waals surface area contributed by atoms with Crippen molar-refractivity contribution in [1.82, 2.24) is 4.90 Å². The van der Waals surface area contributed by atoms with E-state index in [0.717, 1.165) is 28.0 Å². The molecule has 2 rings (SSSR count). The second kappa shape index (κ2) is 8.31. The molecule has 1 N–H and O–H groups in total. The third kappa shape index (κ3) is 4.96. The Balaban J connectivity index is 2.10. The van der Waals surface area contributed by atoms with E-state index < -0.39 is 5.97 Å². The van der Waals surface area contributed by atoms with Gasteiger partial charge in [0.1, 0.15) is 12.4 Å². The highest BCUT2D eigenvalue weighted by Crippen LogP contribution is 2.30. The van der Waals surface area contributed by atoms with E-state index >= 15 is 0 Å². The number of carboxylic acids is 1. The summed E-state index contributed by atoms with van der Waals surface area (Å²) in [5.74, 6) is -0.0711. The second-order valence-corrected chi connectivity index (χ2v) is 5.84. The zero-order chi connectivity index (χ0) is 17.5. The van der Waals surface area contributed by atoms with Gasteiger partial charge in [-0.15, -0.1) is 0 Å². The number of allylic oxidation sites excluding steroid dienone is 1. The van der Waals surface area contributed by atoms with Gasteiger partial charge in [0.05, 0.1) is 6.54 Å². The molecule has 0 unspecified atom stereocenters. The number of likely N-dealkylation sites (N-methyl/N-ethyl adjacent to an activating group) is 1. The molecule has 2 aromatic rings. The predicted octanol–water partition coefficient (Wildman–Crippen LogP) is 3.78. The zero-order valence-corrected chi connectivity index (χ0v) is 14.2. The van der Waals surface area contributed by atoms with E-state index in [-0.39, 0.29) is 6.54 Å². The Morgan fingerprint density at radius 2 is 1.88 bits per heavy atom. The van der Waals surface area contributed by atoms with Crippen molar-refractivity contribution in [2.75, 3.05) is 26.7 Å². The summed E-state index contributed by atoms with van der Waals surface area (Å²) in [4.78, 5) is 12.4. The van der Waals surface area contributed by atoms with Crippen molar-refractivity contribution in [2.24, 2.45) is 0 Å². The van der Waals surface area contributed by atoms with Crippen molar-refractivity contribution in [3.63, 3.8) is 0 Å². The number of aliphatic carboxylic acids is 1. The quantitative estimate of drug-likeness (QED) is 0.802. The lowest BCUT2D eigenvalue weighted by Gasteiger charge is -2.17. The summed E-state index contributed by atoms with van der Waals surface area (Å²) in [5.41, 5.74) is 4.16. The van der Waals surface area contributed by atoms with Gasteiger partial charge in [0.25, 0.3) is 0 Å². The molecule has 4 nitrogen and oxygen atoms in total. The van der Waals surface area contributed by atoms with Crippen LogP contribution in [-0.2, 0) is 4.79 Å². The normalized spacial score (nSPS) is 10.6. The smallest absolute Gasteiger partial charge is 0.317 e. The lowest BCUT2D eigenvalue weighted by molar-refractivity contribution is -0.138. The number of benzene rings is 2. The van der Waals surface area contributed by atoms with E-state index in [1.165, 1.54) is 0 Å². The maximum Gasteiger partial charge on any atom is 0.317 e. The van der Waals surface area contributed by atoms with Gasteiger partial charge in [0.2, 0.25) is 0 Å². The van der Waals surface area contributed by atoms with E-state index in [1.54, 1.807) is 11.9 Å². The van der Waals surface area contributed by atoms with Crippen LogP contribution < -0.4 is 4.74 Å². The molecule has 4 heteroatoms. The lowest BCUT2D eigenvalue weighted by Crippen LogP contribution is -2.29. The summed E-state index contributed by atoms with van der Waals surface area (Å²) in [6.07, 6.45) is 0. The number of carbonyl (C=O) groups is 1. The molecular weight excluding hydrogens is 302 g/mol. The zero-order valence-electron chi connectivity index (χ0n) is 14.2. The summed E-state index contributed by atoms with van der Waals surface area (Å²) in [5, 5.41) is 8.76. The Labute approximate surface area is 143 Å². The van der Waals surface area contributed by atoms with Crippen LogP contribution in [0.1, 0.15) is 12.5 Å². The number of hydrogen-bond donors (Lipinski definition) is 1. The molecule has 0 aliphatic heterocycles. The topological polar surface area (TPSA) is 49.8 Å². The lowest BCUT2D eigenvalue weighted by atomic mass is 9.99. The number of ether oxygens (including phenoxy) is 1. The molecule has 24 heavy (non-hydrogen) atoms. The third-order valence-electron chi connectivity index (χ3n) is 3.68. The molecule has 2 aromatic carbocycles. The first-order chi connectivity index (χ1) is 11.5. The fourth-order valence-corrected chi connectivity index (χ4v) is 2.42. The molecule has 0 saturated heterocycles. The fraction of sp³-hybridized carbons (Fsp3) is 0.250. The molecule has 0 heterocycles. The van der Waals surface area contributed by atoms with Crippen LogP contribution in [0.5, 0.6) is 5.75 Å². The number of hydrogen-bond acceptors (Lipinski definition) is 3. The molecule has 0 spiro atoms. The van der Waals surface area contributed by atoms with E-state index in [2.05, 4.69) is 24.8 Å². The van der Waals surface area contributed by atoms with Crippen LogP contribution in [0.3, 0.4) is 0 Å². The molecule has 0 bridgehead atoms. The van der Waals surface area contributed by atoms with Gasteiger partial charge >= 0.3 is 5.97 Å². The van der Waals surface area contributed by atoms with Crippen LogP contribution in [0.25, 0.3) is 16.7 Å². The van der Waals surface area contributed by atoms with Crippen molar-refractivity contribution < 1.29 is 14.6 Å². The van der Waals surface area contributed by atoms with E-state index in [1.807, 2.05) is 37.3 Å². The van der Waals surface area contributed by atoms with Crippen molar-refractivity contribution in [3.05, 3.63) is 60.7 Å². The largest absolute Gasteiger partial charge is 0.492 e. The minimum atomic E-state index is -0.840. The van der Waals surface area contributed by atoms with Crippen LogP contribution in [0.4, 0.5) is 0 Å². The minimum Gasteiger partial charge on any atom is -0.492 e. The maximum atomic E-state index is 10.7. The molecule has 0 aliphatic carbocycles. The molecule has 126 valence electrons. The standard InChI is InChI=1S/C20H23NO3/c1-15(2)18-13-17(16-7-5-4-6-8-16)9-10-19(18)24-12-11-21(3)14-20(22)23/h4-10,13H,1,11-12,14H2,2-3H3,(H,22,23). The van der Waals surface area contributed by atoms with Gasteiger partial charge in [-0.3, -0.25) is 9.69 Å². The fourth-order valence-electron chi connectivity index (χ4n) is 2.42. The average molecular weight is 325 g/mol. The molecule has 0 amide bonds. The predicted molar refractivity (Wildman–Crippen MR) is 97.2 cm³/mol. The van der Waals surface area contributed by atoms with E-state index in [9.17, 15) is 4.79 Å². The molecule has 0 radical (unpaired) electrons. The average Bonchev–Trinajstić information content (AvgIpc) is 2.55. The Bertz CT molecular complexity index is 710. The minimum absolute atomic E-state index is 0.00362. The van der Waals surface area contributed by atoms with Crippen molar-refractivity contribution in [2.45, 2.75) is 6.92 Å². The third-order valence-corrected chi connectivity index (χ3v) is 3.68. The van der Waals surface area contributed by atoms with Crippen LogP contribution in [-0.4, -0.2) is 42.7 Å². The first-order valence-corrected chi connectivity index (χ1v) is 7.86. The van der Waals surface area contributed by atoms with Crippen molar-refractivity contribution >= 4 is 11.5 Å². The van der Waals surface area contributed by atoms with Gasteiger partial charge in [-0.1, -0.05) is 43.0 Å². The number of rotatable bonds is 8. The summed E-state index contributed by atoms with van der Waals surface area (Å²) in [6, 6.07) is 16.2. The Kier molecular flexibility index (Phi) is 6.15. The Morgan fingerprint density at radius 3 is 2.50 bits per heavy atom. The van der Waals surface area contributed by atoms with Crippen LogP contribution in [0, 0.1) is 0 Å². The molecule has 0 aromatic heterocycles. The van der Waals surface area contributed by atoms with Gasteiger partial charge in [-0.05, 0) is 42.8 Å². The summed E-state index contributed by atoms with van der Waals surface area (Å²) in [6.45, 7) is 6.96. The summed E-state index contributed by atoms with van der Waals surface area (Å²) >= 11 is 0. The van der Waals surface area contributed by atoms with E-state index in [0.29, 0.717) is 13.2 Å². The van der Waals surface area contributed by atoms with Crippen molar-refractivity contribution in [1.29, 1.82) is 0 Å². The van der Waals surface area contributed by atoms with Crippen LogP contribution in [0.2, 0.25) is 0 Å².